The molecule has 0 bridgehead atoms. The molecule has 0 atom stereocenters. The number of hydrogen-bond acceptors (Lipinski definition) is 4. The molecule has 2 amide bonds. The number of benzene rings is 2. The number of nitrogens with zero attached hydrogens (tertiary/aromatic N) is 2. The van der Waals surface area contributed by atoms with Gasteiger partial charge in [-0.15, -0.1) is 12.4 Å². The largest absolute Gasteiger partial charge is 0.465 e. The predicted molar refractivity (Wildman–Crippen MR) is 134 cm³/mol. The molecule has 1 aliphatic carbocycles. The number of rotatable bonds is 5. The number of halogens is 2. The highest BCUT2D eigenvalue weighted by molar-refractivity contribution is 6.30. The maximum Gasteiger partial charge on any atom is 0.337 e. The molecule has 0 spiro atoms. The topological polar surface area (TPSA) is 75.9 Å². The monoisotopic (exact) mass is 491 g/mol. The number of urea groups is 1. The van der Waals surface area contributed by atoms with Gasteiger partial charge in [-0.1, -0.05) is 29.8 Å². The van der Waals surface area contributed by atoms with Gasteiger partial charge in [-0.2, -0.15) is 0 Å². The molecule has 1 saturated carbocycles. The van der Waals surface area contributed by atoms with Gasteiger partial charge in [0.15, 0.2) is 0 Å². The first-order chi connectivity index (χ1) is 15.5. The summed E-state index contributed by atoms with van der Waals surface area (Å²) in [5.74, 6) is -0.403. The third-order valence-corrected chi connectivity index (χ3v) is 7.25. The van der Waals surface area contributed by atoms with Gasteiger partial charge < -0.3 is 15.4 Å². The van der Waals surface area contributed by atoms with E-state index in [9.17, 15) is 9.59 Å². The molecule has 1 saturated heterocycles. The van der Waals surface area contributed by atoms with Crippen LogP contribution < -0.4 is 10.6 Å². The molecule has 2 N–H and O–H groups in total. The van der Waals surface area contributed by atoms with E-state index in [-0.39, 0.29) is 29.9 Å². The first-order valence-electron chi connectivity index (χ1n) is 11.2. The van der Waals surface area contributed by atoms with Crippen LogP contribution in [0.3, 0.4) is 0 Å². The first-order valence-corrected chi connectivity index (χ1v) is 11.6. The number of hydrogen-bond donors (Lipinski definition) is 1. The van der Waals surface area contributed by atoms with Crippen molar-refractivity contribution in [1.29, 1.82) is 0 Å². The summed E-state index contributed by atoms with van der Waals surface area (Å²) in [5, 5.41) is 0.730. The third-order valence-electron chi connectivity index (χ3n) is 7.02. The fourth-order valence-electron chi connectivity index (χ4n) is 5.14. The fraction of sp³-hybridized carbons (Fsp3) is 0.440. The Morgan fingerprint density at radius 3 is 2.55 bits per heavy atom. The Morgan fingerprint density at radius 1 is 1.15 bits per heavy atom. The highest BCUT2D eigenvalue weighted by atomic mass is 35.5. The minimum absolute atomic E-state index is 0. The van der Waals surface area contributed by atoms with Crippen LogP contribution in [0, 0.1) is 0 Å². The van der Waals surface area contributed by atoms with E-state index in [2.05, 4.69) is 6.07 Å². The molecule has 1 heterocycles. The van der Waals surface area contributed by atoms with Crippen molar-refractivity contribution in [2.24, 2.45) is 5.73 Å². The lowest BCUT2D eigenvalue weighted by Crippen LogP contribution is -2.55. The summed E-state index contributed by atoms with van der Waals surface area (Å²) < 4.78 is 4.82. The van der Waals surface area contributed by atoms with Gasteiger partial charge in [-0.05, 0) is 68.0 Å². The summed E-state index contributed by atoms with van der Waals surface area (Å²) in [6, 6.07) is 15.3. The van der Waals surface area contributed by atoms with Crippen LogP contribution in [0.4, 0.5) is 10.5 Å². The maximum absolute atomic E-state index is 13.4. The zero-order chi connectivity index (χ0) is 22.7. The lowest BCUT2D eigenvalue weighted by molar-refractivity contribution is 0.0600. The van der Waals surface area contributed by atoms with E-state index in [1.807, 2.05) is 29.2 Å². The molecule has 8 heteroatoms. The quantitative estimate of drug-likeness (QED) is 0.595. The van der Waals surface area contributed by atoms with Gasteiger partial charge >= 0.3 is 12.0 Å². The smallest absolute Gasteiger partial charge is 0.337 e. The van der Waals surface area contributed by atoms with Crippen LogP contribution in [0.15, 0.2) is 48.5 Å². The molecule has 2 aliphatic rings. The van der Waals surface area contributed by atoms with E-state index in [0.29, 0.717) is 18.7 Å². The van der Waals surface area contributed by atoms with Crippen molar-refractivity contribution >= 4 is 41.7 Å². The highest BCUT2D eigenvalue weighted by Gasteiger charge is 2.40. The summed E-state index contributed by atoms with van der Waals surface area (Å²) in [4.78, 5) is 29.1. The normalized spacial score (nSPS) is 23.1. The van der Waals surface area contributed by atoms with E-state index >= 15 is 0 Å². The van der Waals surface area contributed by atoms with E-state index in [0.717, 1.165) is 49.4 Å². The molecular weight excluding hydrogens is 461 g/mol. The second-order valence-electron chi connectivity index (χ2n) is 8.75. The number of amides is 2. The van der Waals surface area contributed by atoms with E-state index in [1.165, 1.54) is 12.7 Å². The Morgan fingerprint density at radius 2 is 1.88 bits per heavy atom. The lowest BCUT2D eigenvalue weighted by Gasteiger charge is -2.46. The molecule has 0 unspecified atom stereocenters. The van der Waals surface area contributed by atoms with Gasteiger partial charge in [-0.25, -0.2) is 9.59 Å². The zero-order valence-corrected chi connectivity index (χ0v) is 20.4. The Kier molecular flexibility index (Phi) is 8.27. The van der Waals surface area contributed by atoms with Crippen molar-refractivity contribution < 1.29 is 14.3 Å². The van der Waals surface area contributed by atoms with Gasteiger partial charge in [0.25, 0.3) is 0 Å². The number of ether oxygens (including phenoxy) is 1. The van der Waals surface area contributed by atoms with Gasteiger partial charge in [0.05, 0.1) is 12.7 Å². The zero-order valence-electron chi connectivity index (χ0n) is 18.8. The summed E-state index contributed by atoms with van der Waals surface area (Å²) in [7, 11) is 1.36. The lowest BCUT2D eigenvalue weighted by atomic mass is 9.68. The van der Waals surface area contributed by atoms with E-state index in [1.54, 1.807) is 23.1 Å². The van der Waals surface area contributed by atoms with Gasteiger partial charge in [0.1, 0.15) is 0 Å². The summed E-state index contributed by atoms with van der Waals surface area (Å²) in [6.07, 6.45) is 4.56. The van der Waals surface area contributed by atoms with Crippen LogP contribution >= 0.6 is 24.0 Å². The van der Waals surface area contributed by atoms with E-state index < -0.39 is 5.97 Å². The molecule has 33 heavy (non-hydrogen) atoms. The second kappa shape index (κ2) is 10.8. The van der Waals surface area contributed by atoms with Gasteiger partial charge in [0, 0.05) is 41.8 Å². The second-order valence-corrected chi connectivity index (χ2v) is 9.19. The van der Waals surface area contributed by atoms with Crippen LogP contribution in [0.25, 0.3) is 0 Å². The molecule has 2 aromatic rings. The molecule has 0 aromatic heterocycles. The van der Waals surface area contributed by atoms with Crippen molar-refractivity contribution in [2.75, 3.05) is 31.6 Å². The molecule has 1 aliphatic heterocycles. The van der Waals surface area contributed by atoms with Crippen molar-refractivity contribution in [1.82, 2.24) is 4.90 Å². The Balaban J connectivity index is 0.00000306. The van der Waals surface area contributed by atoms with Crippen LogP contribution in [-0.2, 0) is 10.2 Å². The minimum atomic E-state index is -0.403. The standard InChI is InChI=1S/C25H30ClN3O3.ClH/c1-32-23(30)18-5-2-8-22(15-18)29-14-4-13-28(24(29)31)21-9-11-25(17-27,12-10-21)19-6-3-7-20(26)16-19;/h2-3,5-8,15-16,21H,4,9-14,17,27H2,1H3;1H/t21-,25+;. The number of carbonyl (C=O) groups excluding carboxylic acids is 2. The van der Waals surface area contributed by atoms with E-state index in [4.69, 9.17) is 22.1 Å². The van der Waals surface area contributed by atoms with Crippen LogP contribution in [0.2, 0.25) is 5.02 Å². The number of methoxy groups -OCH3 is 1. The number of carbonyl (C=O) groups is 2. The van der Waals surface area contributed by atoms with Crippen molar-refractivity contribution in [3.05, 3.63) is 64.7 Å². The predicted octanol–water partition coefficient (Wildman–Crippen LogP) is 5.02. The van der Waals surface area contributed by atoms with Crippen molar-refractivity contribution in [3.63, 3.8) is 0 Å². The average molecular weight is 492 g/mol. The molecule has 6 nitrogen and oxygen atoms in total. The Labute approximate surface area is 206 Å². The fourth-order valence-corrected chi connectivity index (χ4v) is 5.33. The molecule has 2 fully saturated rings. The SMILES string of the molecule is COC(=O)c1cccc(N2CCCN([C@H]3CC[C@@](CN)(c4cccc(Cl)c4)CC3)C2=O)c1.Cl. The van der Waals surface area contributed by atoms with Gasteiger partial charge in [-0.3, -0.25) is 4.90 Å². The maximum atomic E-state index is 13.4. The average Bonchev–Trinajstić information content (AvgIpc) is 2.84. The van der Waals surface area contributed by atoms with Gasteiger partial charge in [0.2, 0.25) is 0 Å². The molecule has 2 aromatic carbocycles. The van der Waals surface area contributed by atoms with Crippen LogP contribution in [-0.4, -0.2) is 49.7 Å². The van der Waals surface area contributed by atoms with Crippen LogP contribution in [0.1, 0.15) is 48.0 Å². The minimum Gasteiger partial charge on any atom is -0.465 e. The number of nitrogens with two attached hydrogens (primary N) is 1. The van der Waals surface area contributed by atoms with Crippen LogP contribution in [0.5, 0.6) is 0 Å². The molecule has 4 rings (SSSR count). The summed E-state index contributed by atoms with van der Waals surface area (Å²) in [6.45, 7) is 1.96. The molecule has 0 radical (unpaired) electrons. The Hall–Kier alpha value is -2.28. The Bertz CT molecular complexity index is 992. The van der Waals surface area contributed by atoms with Crippen molar-refractivity contribution in [2.45, 2.75) is 43.6 Å². The summed E-state index contributed by atoms with van der Waals surface area (Å²) >= 11 is 6.24. The molecular formula is C25H31Cl2N3O3. The summed E-state index contributed by atoms with van der Waals surface area (Å²) in [5.41, 5.74) is 8.53. The van der Waals surface area contributed by atoms with Crippen molar-refractivity contribution in [3.8, 4) is 0 Å². The number of anilines is 1. The molecule has 178 valence electrons. The highest BCUT2D eigenvalue weighted by Crippen LogP contribution is 2.41. The number of esters is 1. The third kappa shape index (κ3) is 5.13. The first kappa shape index (κ1) is 25.3.